The predicted octanol–water partition coefficient (Wildman–Crippen LogP) is 3.45. The van der Waals surface area contributed by atoms with Crippen LogP contribution in [0.2, 0.25) is 0 Å². The summed E-state index contributed by atoms with van der Waals surface area (Å²) < 4.78 is 0. The lowest BCUT2D eigenvalue weighted by atomic mass is 10.1. The van der Waals surface area contributed by atoms with Crippen molar-refractivity contribution in [2.45, 2.75) is 70.5 Å². The zero-order chi connectivity index (χ0) is 14.4. The summed E-state index contributed by atoms with van der Waals surface area (Å²) >= 11 is 0. The number of hydrogen-bond donors (Lipinski definition) is 1. The maximum absolute atomic E-state index is 4.97. The van der Waals surface area contributed by atoms with Gasteiger partial charge in [-0.1, -0.05) is 13.8 Å². The minimum absolute atomic E-state index is 0.504. The van der Waals surface area contributed by atoms with Crippen molar-refractivity contribution in [3.63, 3.8) is 0 Å². The summed E-state index contributed by atoms with van der Waals surface area (Å²) in [7, 11) is 0. The zero-order valence-corrected chi connectivity index (χ0v) is 13.3. The monoisotopic (exact) mass is 285 g/mol. The van der Waals surface area contributed by atoms with Gasteiger partial charge >= 0.3 is 0 Å². The summed E-state index contributed by atoms with van der Waals surface area (Å²) in [6.07, 6.45) is 6.90. The molecule has 3 fully saturated rings. The summed E-state index contributed by atoms with van der Waals surface area (Å²) in [5.74, 6) is 2.66. The number of nitrogens with zero attached hydrogens (tertiary/aromatic N) is 2. The molecule has 3 heteroatoms. The van der Waals surface area contributed by atoms with E-state index in [1.54, 1.807) is 0 Å². The molecule has 1 aliphatic heterocycles. The van der Waals surface area contributed by atoms with Crippen molar-refractivity contribution in [1.82, 2.24) is 10.3 Å². The third-order valence-corrected chi connectivity index (χ3v) is 5.36. The van der Waals surface area contributed by atoms with Crippen LogP contribution in [0.4, 0.5) is 5.82 Å². The van der Waals surface area contributed by atoms with Crippen LogP contribution >= 0.6 is 0 Å². The van der Waals surface area contributed by atoms with Crippen LogP contribution in [-0.4, -0.2) is 23.6 Å². The van der Waals surface area contributed by atoms with Gasteiger partial charge in [0, 0.05) is 30.9 Å². The molecule has 3 nitrogen and oxygen atoms in total. The fourth-order valence-corrected chi connectivity index (χ4v) is 3.89. The normalized spacial score (nSPS) is 27.9. The van der Waals surface area contributed by atoms with E-state index in [0.29, 0.717) is 5.92 Å². The van der Waals surface area contributed by atoms with E-state index in [2.05, 4.69) is 36.2 Å². The Labute approximate surface area is 128 Å². The van der Waals surface area contributed by atoms with Gasteiger partial charge in [-0.3, -0.25) is 0 Å². The highest BCUT2D eigenvalue weighted by Crippen LogP contribution is 2.40. The standard InChI is InChI=1S/C18H27N3/c1-12(2)17-8-14(10-19-15-4-5-15)9-18(20-17)21-11-13-3-6-16(21)7-13/h8-9,12-13,15-16,19H,3-7,10-11H2,1-2H3. The molecule has 0 spiro atoms. The first-order valence-electron chi connectivity index (χ1n) is 8.70. The fourth-order valence-electron chi connectivity index (χ4n) is 3.89. The summed E-state index contributed by atoms with van der Waals surface area (Å²) in [5.41, 5.74) is 2.67. The Hall–Kier alpha value is -1.09. The van der Waals surface area contributed by atoms with Gasteiger partial charge in [-0.15, -0.1) is 0 Å². The third kappa shape index (κ3) is 2.80. The second-order valence-corrected chi connectivity index (χ2v) is 7.55. The molecule has 2 saturated carbocycles. The van der Waals surface area contributed by atoms with Gasteiger partial charge < -0.3 is 10.2 Å². The van der Waals surface area contributed by atoms with Crippen LogP contribution in [0.5, 0.6) is 0 Å². The van der Waals surface area contributed by atoms with Gasteiger partial charge in [0.1, 0.15) is 5.82 Å². The van der Waals surface area contributed by atoms with E-state index >= 15 is 0 Å². The van der Waals surface area contributed by atoms with E-state index in [-0.39, 0.29) is 0 Å². The molecule has 2 bridgehead atoms. The molecule has 0 amide bonds. The lowest BCUT2D eigenvalue weighted by Crippen LogP contribution is -2.33. The fraction of sp³-hybridized carbons (Fsp3) is 0.722. The lowest BCUT2D eigenvalue weighted by Gasteiger charge is -2.29. The van der Waals surface area contributed by atoms with Crippen molar-refractivity contribution in [3.05, 3.63) is 23.4 Å². The molecule has 0 radical (unpaired) electrons. The lowest BCUT2D eigenvalue weighted by molar-refractivity contribution is 0.549. The first-order valence-corrected chi connectivity index (χ1v) is 8.70. The molecule has 1 saturated heterocycles. The van der Waals surface area contributed by atoms with E-state index in [4.69, 9.17) is 4.98 Å². The third-order valence-electron chi connectivity index (χ3n) is 5.36. The second kappa shape index (κ2) is 5.28. The molecule has 3 aliphatic rings. The van der Waals surface area contributed by atoms with Gasteiger partial charge in [-0.05, 0) is 61.6 Å². The minimum Gasteiger partial charge on any atom is -0.353 e. The Morgan fingerprint density at radius 2 is 2.10 bits per heavy atom. The van der Waals surface area contributed by atoms with E-state index in [9.17, 15) is 0 Å². The topological polar surface area (TPSA) is 28.2 Å². The first-order chi connectivity index (χ1) is 10.2. The maximum Gasteiger partial charge on any atom is 0.129 e. The van der Waals surface area contributed by atoms with Crippen LogP contribution < -0.4 is 10.2 Å². The smallest absolute Gasteiger partial charge is 0.129 e. The Morgan fingerprint density at radius 1 is 1.24 bits per heavy atom. The Morgan fingerprint density at radius 3 is 2.71 bits per heavy atom. The molecule has 1 aromatic rings. The molecule has 1 aromatic heterocycles. The van der Waals surface area contributed by atoms with Crippen molar-refractivity contribution in [1.29, 1.82) is 0 Å². The van der Waals surface area contributed by atoms with Crippen LogP contribution in [0.1, 0.15) is 63.1 Å². The van der Waals surface area contributed by atoms with E-state index in [1.165, 1.54) is 55.7 Å². The number of anilines is 1. The maximum atomic E-state index is 4.97. The average Bonchev–Trinajstić information content (AvgIpc) is 3.07. The number of piperidine rings is 1. The molecule has 2 aliphatic carbocycles. The van der Waals surface area contributed by atoms with Crippen molar-refractivity contribution < 1.29 is 0 Å². The molecule has 114 valence electrons. The van der Waals surface area contributed by atoms with Crippen LogP contribution in [-0.2, 0) is 6.54 Å². The number of aromatic nitrogens is 1. The molecule has 0 aromatic carbocycles. The summed E-state index contributed by atoms with van der Waals surface area (Å²) in [4.78, 5) is 7.56. The molecule has 2 unspecified atom stereocenters. The molecular formula is C18H27N3. The van der Waals surface area contributed by atoms with Crippen molar-refractivity contribution in [2.24, 2.45) is 5.92 Å². The van der Waals surface area contributed by atoms with Crippen molar-refractivity contribution >= 4 is 5.82 Å². The summed E-state index contributed by atoms with van der Waals surface area (Å²) in [6, 6.07) is 6.17. The summed E-state index contributed by atoms with van der Waals surface area (Å²) in [5, 5.41) is 3.64. The van der Waals surface area contributed by atoms with E-state index < -0.39 is 0 Å². The van der Waals surface area contributed by atoms with E-state index in [0.717, 1.165) is 24.5 Å². The number of fused-ring (bicyclic) bond motifs is 2. The van der Waals surface area contributed by atoms with Gasteiger partial charge in [0.05, 0.1) is 0 Å². The summed E-state index contributed by atoms with van der Waals surface area (Å²) in [6.45, 7) is 6.73. The van der Waals surface area contributed by atoms with Crippen LogP contribution in [0.15, 0.2) is 12.1 Å². The van der Waals surface area contributed by atoms with Crippen molar-refractivity contribution in [3.8, 4) is 0 Å². The highest BCUT2D eigenvalue weighted by atomic mass is 15.2. The predicted molar refractivity (Wildman–Crippen MR) is 86.7 cm³/mol. The minimum atomic E-state index is 0.504. The van der Waals surface area contributed by atoms with Gasteiger partial charge in [-0.2, -0.15) is 0 Å². The van der Waals surface area contributed by atoms with Crippen LogP contribution in [0.3, 0.4) is 0 Å². The van der Waals surface area contributed by atoms with E-state index in [1.807, 2.05) is 0 Å². The Kier molecular flexibility index (Phi) is 3.41. The average molecular weight is 285 g/mol. The molecule has 2 atom stereocenters. The van der Waals surface area contributed by atoms with Gasteiger partial charge in [0.15, 0.2) is 0 Å². The van der Waals surface area contributed by atoms with Gasteiger partial charge in [0.2, 0.25) is 0 Å². The number of pyridine rings is 1. The molecular weight excluding hydrogens is 258 g/mol. The zero-order valence-electron chi connectivity index (χ0n) is 13.3. The van der Waals surface area contributed by atoms with Crippen LogP contribution in [0, 0.1) is 5.92 Å². The van der Waals surface area contributed by atoms with Crippen LogP contribution in [0.25, 0.3) is 0 Å². The number of nitrogens with one attached hydrogen (secondary N) is 1. The molecule has 4 rings (SSSR count). The van der Waals surface area contributed by atoms with Crippen molar-refractivity contribution in [2.75, 3.05) is 11.4 Å². The highest BCUT2D eigenvalue weighted by molar-refractivity contribution is 5.46. The molecule has 2 heterocycles. The largest absolute Gasteiger partial charge is 0.353 e. The highest BCUT2D eigenvalue weighted by Gasteiger charge is 2.38. The Balaban J connectivity index is 1.58. The molecule has 21 heavy (non-hydrogen) atoms. The Bertz CT molecular complexity index is 521. The second-order valence-electron chi connectivity index (χ2n) is 7.55. The quantitative estimate of drug-likeness (QED) is 0.898. The molecule has 1 N–H and O–H groups in total. The SMILES string of the molecule is CC(C)c1cc(CNC2CC2)cc(N2CC3CCC2C3)n1. The number of rotatable bonds is 5. The number of hydrogen-bond acceptors (Lipinski definition) is 3. The van der Waals surface area contributed by atoms with Gasteiger partial charge in [0.25, 0.3) is 0 Å². The first kappa shape index (κ1) is 13.6. The van der Waals surface area contributed by atoms with Gasteiger partial charge in [-0.25, -0.2) is 4.98 Å².